The van der Waals surface area contributed by atoms with Crippen molar-refractivity contribution in [1.29, 1.82) is 0 Å². The Morgan fingerprint density at radius 1 is 0.964 bits per heavy atom. The summed E-state index contributed by atoms with van der Waals surface area (Å²) in [5, 5.41) is 0. The maximum atomic E-state index is 12.1. The third-order valence-corrected chi connectivity index (χ3v) is 5.22. The van der Waals surface area contributed by atoms with Crippen molar-refractivity contribution in [3.63, 3.8) is 0 Å². The number of methoxy groups -OCH3 is 2. The zero-order valence-electron chi connectivity index (χ0n) is 15.5. The topological polar surface area (TPSA) is 108 Å². The SMILES string of the molecule is COc1ccc(C(=O)COC(=O)CCNS(=O)(=O)c2ccccc2)cc1OC. The van der Waals surface area contributed by atoms with Crippen LogP contribution < -0.4 is 14.2 Å². The fraction of sp³-hybridized carbons (Fsp3) is 0.263. The summed E-state index contributed by atoms with van der Waals surface area (Å²) in [6.45, 7) is -0.597. The number of hydrogen-bond donors (Lipinski definition) is 1. The van der Waals surface area contributed by atoms with Gasteiger partial charge in [-0.3, -0.25) is 9.59 Å². The monoisotopic (exact) mass is 407 g/mol. The number of hydrogen-bond acceptors (Lipinski definition) is 7. The maximum Gasteiger partial charge on any atom is 0.307 e. The second-order valence-electron chi connectivity index (χ2n) is 5.61. The van der Waals surface area contributed by atoms with Crippen LogP contribution in [0.3, 0.4) is 0 Å². The van der Waals surface area contributed by atoms with E-state index in [4.69, 9.17) is 14.2 Å². The Hall–Kier alpha value is -2.91. The molecule has 2 aromatic carbocycles. The molecule has 2 rings (SSSR count). The van der Waals surface area contributed by atoms with Crippen molar-refractivity contribution >= 4 is 21.8 Å². The van der Waals surface area contributed by atoms with Crippen molar-refractivity contribution in [3.8, 4) is 11.5 Å². The van der Waals surface area contributed by atoms with E-state index in [0.29, 0.717) is 17.1 Å². The predicted molar refractivity (Wildman–Crippen MR) is 101 cm³/mol. The Morgan fingerprint density at radius 2 is 1.64 bits per heavy atom. The van der Waals surface area contributed by atoms with Crippen LogP contribution in [0.1, 0.15) is 16.8 Å². The third kappa shape index (κ3) is 5.80. The molecular formula is C19H21NO7S. The number of nitrogens with one attached hydrogen (secondary N) is 1. The molecule has 2 aromatic rings. The molecule has 0 bridgehead atoms. The minimum absolute atomic E-state index is 0.104. The summed E-state index contributed by atoms with van der Waals surface area (Å²) < 4.78 is 41.5. The Labute approximate surface area is 163 Å². The summed E-state index contributed by atoms with van der Waals surface area (Å²) in [6.07, 6.45) is -0.203. The van der Waals surface area contributed by atoms with E-state index in [1.807, 2.05) is 0 Å². The molecule has 0 unspecified atom stereocenters. The van der Waals surface area contributed by atoms with Crippen LogP contribution in [0.15, 0.2) is 53.4 Å². The molecule has 0 amide bonds. The molecule has 0 aromatic heterocycles. The normalized spacial score (nSPS) is 10.9. The molecule has 8 nitrogen and oxygen atoms in total. The summed E-state index contributed by atoms with van der Waals surface area (Å²) in [5.74, 6) is -0.250. The molecule has 9 heteroatoms. The second kappa shape index (κ2) is 9.86. The van der Waals surface area contributed by atoms with E-state index in [9.17, 15) is 18.0 Å². The first-order valence-corrected chi connectivity index (χ1v) is 9.81. The molecule has 0 atom stereocenters. The van der Waals surface area contributed by atoms with E-state index in [1.165, 1.54) is 38.5 Å². The number of esters is 1. The van der Waals surface area contributed by atoms with E-state index in [2.05, 4.69) is 4.72 Å². The third-order valence-electron chi connectivity index (χ3n) is 3.74. The quantitative estimate of drug-likeness (QED) is 0.473. The van der Waals surface area contributed by atoms with Crippen molar-refractivity contribution in [2.24, 2.45) is 0 Å². The molecule has 0 aliphatic carbocycles. The fourth-order valence-corrected chi connectivity index (χ4v) is 3.33. The van der Waals surface area contributed by atoms with Crippen LogP contribution in [-0.2, 0) is 19.6 Å². The maximum absolute atomic E-state index is 12.1. The standard InChI is InChI=1S/C19H21NO7S/c1-25-17-9-8-14(12-18(17)26-2)16(21)13-27-19(22)10-11-20-28(23,24)15-6-4-3-5-7-15/h3-9,12,20H,10-11,13H2,1-2H3. The lowest BCUT2D eigenvalue weighted by atomic mass is 10.1. The summed E-state index contributed by atoms with van der Waals surface area (Å²) in [5.41, 5.74) is 0.301. The number of carbonyl (C=O) groups is 2. The van der Waals surface area contributed by atoms with Crippen molar-refractivity contribution in [2.75, 3.05) is 27.4 Å². The number of sulfonamides is 1. The van der Waals surface area contributed by atoms with Crippen LogP contribution in [0.2, 0.25) is 0 Å². The molecule has 28 heavy (non-hydrogen) atoms. The van der Waals surface area contributed by atoms with Gasteiger partial charge in [-0.2, -0.15) is 0 Å². The van der Waals surface area contributed by atoms with Gasteiger partial charge in [0.15, 0.2) is 23.9 Å². The van der Waals surface area contributed by atoms with Gasteiger partial charge in [-0.25, -0.2) is 13.1 Å². The minimum Gasteiger partial charge on any atom is -0.493 e. The number of carbonyl (C=O) groups excluding carboxylic acids is 2. The number of rotatable bonds is 10. The molecule has 0 radical (unpaired) electrons. The van der Waals surface area contributed by atoms with Crippen LogP contribution in [0, 0.1) is 0 Å². The molecule has 0 heterocycles. The zero-order valence-corrected chi connectivity index (χ0v) is 16.3. The highest BCUT2D eigenvalue weighted by Gasteiger charge is 2.16. The highest BCUT2D eigenvalue weighted by molar-refractivity contribution is 7.89. The minimum atomic E-state index is -3.70. The number of Topliss-reactive ketones (excluding diaryl/α,β-unsaturated/α-hetero) is 1. The van der Waals surface area contributed by atoms with Gasteiger partial charge in [-0.1, -0.05) is 18.2 Å². The Bertz CT molecular complexity index is 927. The number of ether oxygens (including phenoxy) is 3. The van der Waals surface area contributed by atoms with Gasteiger partial charge in [0.2, 0.25) is 10.0 Å². The van der Waals surface area contributed by atoms with E-state index in [-0.39, 0.29) is 17.9 Å². The van der Waals surface area contributed by atoms with Crippen LogP contribution in [0.4, 0.5) is 0 Å². The van der Waals surface area contributed by atoms with Crippen LogP contribution in [-0.4, -0.2) is 47.5 Å². The average Bonchev–Trinajstić information content (AvgIpc) is 2.72. The Morgan fingerprint density at radius 3 is 2.29 bits per heavy atom. The van der Waals surface area contributed by atoms with Crippen LogP contribution in [0.5, 0.6) is 11.5 Å². The highest BCUT2D eigenvalue weighted by atomic mass is 32.2. The van der Waals surface area contributed by atoms with Gasteiger partial charge >= 0.3 is 5.97 Å². The first-order valence-electron chi connectivity index (χ1n) is 8.33. The molecule has 150 valence electrons. The molecule has 0 spiro atoms. The first-order chi connectivity index (χ1) is 13.4. The summed E-state index contributed by atoms with van der Waals surface area (Å²) in [4.78, 5) is 24.0. The second-order valence-corrected chi connectivity index (χ2v) is 7.38. The molecular weight excluding hydrogens is 386 g/mol. The van der Waals surface area contributed by atoms with Crippen molar-refractivity contribution in [2.45, 2.75) is 11.3 Å². The van der Waals surface area contributed by atoms with Crippen molar-refractivity contribution < 1.29 is 32.2 Å². The largest absolute Gasteiger partial charge is 0.493 e. The van der Waals surface area contributed by atoms with E-state index in [0.717, 1.165) is 0 Å². The number of benzene rings is 2. The highest BCUT2D eigenvalue weighted by Crippen LogP contribution is 2.27. The fourth-order valence-electron chi connectivity index (χ4n) is 2.28. The number of ketones is 1. The molecule has 1 N–H and O–H groups in total. The molecule has 0 fully saturated rings. The van der Waals surface area contributed by atoms with Gasteiger partial charge in [0, 0.05) is 12.1 Å². The lowest BCUT2D eigenvalue weighted by Crippen LogP contribution is -2.27. The van der Waals surface area contributed by atoms with Crippen LogP contribution in [0.25, 0.3) is 0 Å². The summed E-state index contributed by atoms with van der Waals surface area (Å²) in [7, 11) is -0.769. The van der Waals surface area contributed by atoms with Crippen molar-refractivity contribution in [3.05, 3.63) is 54.1 Å². The lowest BCUT2D eigenvalue weighted by Gasteiger charge is -2.09. The summed E-state index contributed by atoms with van der Waals surface area (Å²) >= 11 is 0. The molecule has 0 saturated heterocycles. The van der Waals surface area contributed by atoms with Gasteiger partial charge in [0.25, 0.3) is 0 Å². The van der Waals surface area contributed by atoms with Gasteiger partial charge in [-0.05, 0) is 30.3 Å². The van der Waals surface area contributed by atoms with Crippen LogP contribution >= 0.6 is 0 Å². The van der Waals surface area contributed by atoms with Gasteiger partial charge in [-0.15, -0.1) is 0 Å². The van der Waals surface area contributed by atoms with Gasteiger partial charge in [0.1, 0.15) is 0 Å². The first kappa shape index (κ1) is 21.4. The zero-order chi connectivity index (χ0) is 20.6. The Kier molecular flexibility index (Phi) is 7.53. The van der Waals surface area contributed by atoms with E-state index >= 15 is 0 Å². The van der Waals surface area contributed by atoms with Gasteiger partial charge in [0.05, 0.1) is 25.5 Å². The van der Waals surface area contributed by atoms with Crippen molar-refractivity contribution in [1.82, 2.24) is 4.72 Å². The molecule has 0 saturated carbocycles. The molecule has 0 aliphatic heterocycles. The Balaban J connectivity index is 1.82. The van der Waals surface area contributed by atoms with Gasteiger partial charge < -0.3 is 14.2 Å². The average molecular weight is 407 g/mol. The lowest BCUT2D eigenvalue weighted by molar-refractivity contribution is -0.142. The predicted octanol–water partition coefficient (Wildman–Crippen LogP) is 1.80. The molecule has 0 aliphatic rings. The van der Waals surface area contributed by atoms with E-state index < -0.39 is 28.4 Å². The smallest absolute Gasteiger partial charge is 0.307 e. The van der Waals surface area contributed by atoms with E-state index in [1.54, 1.807) is 24.3 Å². The summed E-state index contributed by atoms with van der Waals surface area (Å²) in [6, 6.07) is 12.4.